The van der Waals surface area contributed by atoms with Crippen molar-refractivity contribution >= 4 is 46.0 Å². The minimum Gasteiger partial charge on any atom is -0.240 e. The number of aromatic nitrogens is 3. The van der Waals surface area contributed by atoms with Crippen LogP contribution in [0, 0.1) is 0 Å². The quantitative estimate of drug-likeness (QED) is 0.657. The topological polar surface area (TPSA) is 38.7 Å². The van der Waals surface area contributed by atoms with Gasteiger partial charge in [0.1, 0.15) is 10.5 Å². The lowest BCUT2D eigenvalue weighted by molar-refractivity contribution is 1.01. The van der Waals surface area contributed by atoms with Crippen molar-refractivity contribution in [3.05, 3.63) is 45.9 Å². The van der Waals surface area contributed by atoms with Gasteiger partial charge in [-0.2, -0.15) is 0 Å². The third-order valence-corrected chi connectivity index (χ3v) is 5.41. The summed E-state index contributed by atoms with van der Waals surface area (Å²) in [5.41, 5.74) is 3.90. The summed E-state index contributed by atoms with van der Waals surface area (Å²) in [6.07, 6.45) is 0. The summed E-state index contributed by atoms with van der Waals surface area (Å²) in [6, 6.07) is 7.74. The molecule has 0 spiro atoms. The van der Waals surface area contributed by atoms with Gasteiger partial charge in [-0.3, -0.25) is 0 Å². The first-order chi connectivity index (χ1) is 9.31. The third kappa shape index (κ3) is 3.33. The zero-order chi connectivity index (χ0) is 13.1. The molecule has 19 heavy (non-hydrogen) atoms. The Hall–Kier alpha value is -0.950. The van der Waals surface area contributed by atoms with E-state index in [0.717, 1.165) is 31.4 Å². The highest BCUT2D eigenvalue weighted by Crippen LogP contribution is 2.28. The fourth-order valence-corrected chi connectivity index (χ4v) is 3.90. The van der Waals surface area contributed by atoms with E-state index in [1.807, 2.05) is 24.3 Å². The SMILES string of the molecule is Clc1ccc(-c2nc(CSc3nncs3)cs2)cc1. The summed E-state index contributed by atoms with van der Waals surface area (Å²) >= 11 is 10.7. The standard InChI is InChI=1S/C12H8ClN3S3/c13-9-3-1-8(2-4-9)11-15-10(5-17-11)6-18-12-16-14-7-19-12/h1-5,7H,6H2. The minimum atomic E-state index is 0.743. The summed E-state index contributed by atoms with van der Waals surface area (Å²) in [7, 11) is 0. The Labute approximate surface area is 127 Å². The molecule has 7 heteroatoms. The van der Waals surface area contributed by atoms with Crippen LogP contribution in [0.1, 0.15) is 5.69 Å². The predicted molar refractivity (Wildman–Crippen MR) is 82.0 cm³/mol. The van der Waals surface area contributed by atoms with Gasteiger partial charge < -0.3 is 0 Å². The van der Waals surface area contributed by atoms with Crippen LogP contribution in [-0.4, -0.2) is 15.2 Å². The van der Waals surface area contributed by atoms with Crippen LogP contribution < -0.4 is 0 Å². The molecule has 2 heterocycles. The van der Waals surface area contributed by atoms with Crippen molar-refractivity contribution in [3.63, 3.8) is 0 Å². The van der Waals surface area contributed by atoms with Crippen LogP contribution in [0.25, 0.3) is 10.6 Å². The molecule has 3 aromatic rings. The first-order valence-electron chi connectivity index (χ1n) is 5.40. The second-order valence-electron chi connectivity index (χ2n) is 3.64. The molecule has 3 nitrogen and oxygen atoms in total. The van der Waals surface area contributed by atoms with Crippen LogP contribution in [0.4, 0.5) is 0 Å². The highest BCUT2D eigenvalue weighted by molar-refractivity contribution is 8.00. The van der Waals surface area contributed by atoms with E-state index in [-0.39, 0.29) is 0 Å². The molecule has 0 saturated carbocycles. The lowest BCUT2D eigenvalue weighted by Crippen LogP contribution is -1.82. The van der Waals surface area contributed by atoms with Crippen molar-refractivity contribution in [2.75, 3.05) is 0 Å². The molecule has 0 aliphatic carbocycles. The summed E-state index contributed by atoms with van der Waals surface area (Å²) in [5.74, 6) is 0.819. The lowest BCUT2D eigenvalue weighted by atomic mass is 10.2. The predicted octanol–water partition coefficient (Wildman–Crippen LogP) is 4.61. The van der Waals surface area contributed by atoms with Gasteiger partial charge in [-0.1, -0.05) is 46.8 Å². The highest BCUT2D eigenvalue weighted by atomic mass is 35.5. The second-order valence-corrected chi connectivity index (χ2v) is 6.99. The van der Waals surface area contributed by atoms with Crippen molar-refractivity contribution in [2.24, 2.45) is 0 Å². The molecule has 0 bridgehead atoms. The summed E-state index contributed by atoms with van der Waals surface area (Å²) in [6.45, 7) is 0. The van der Waals surface area contributed by atoms with Gasteiger partial charge in [-0.05, 0) is 12.1 Å². The molecule has 0 unspecified atom stereocenters. The van der Waals surface area contributed by atoms with Crippen LogP contribution in [0.15, 0.2) is 39.5 Å². The van der Waals surface area contributed by atoms with E-state index < -0.39 is 0 Å². The average molecular weight is 326 g/mol. The molecule has 0 aliphatic rings. The van der Waals surface area contributed by atoms with Crippen molar-refractivity contribution in [3.8, 4) is 10.6 Å². The van der Waals surface area contributed by atoms with Gasteiger partial charge in [0.15, 0.2) is 4.34 Å². The van der Waals surface area contributed by atoms with E-state index in [0.29, 0.717) is 0 Å². The molecule has 1 aromatic carbocycles. The largest absolute Gasteiger partial charge is 0.240 e. The summed E-state index contributed by atoms with van der Waals surface area (Å²) in [4.78, 5) is 4.62. The second kappa shape index (κ2) is 6.00. The first-order valence-corrected chi connectivity index (χ1v) is 8.53. The van der Waals surface area contributed by atoms with Gasteiger partial charge in [-0.25, -0.2) is 4.98 Å². The van der Waals surface area contributed by atoms with Crippen LogP contribution in [0.2, 0.25) is 5.02 Å². The first kappa shape index (κ1) is 13.1. The zero-order valence-electron chi connectivity index (χ0n) is 9.62. The van der Waals surface area contributed by atoms with Gasteiger partial charge in [0.2, 0.25) is 0 Å². The molecule has 0 amide bonds. The van der Waals surface area contributed by atoms with E-state index in [9.17, 15) is 0 Å². The van der Waals surface area contributed by atoms with Crippen LogP contribution in [0.3, 0.4) is 0 Å². The molecule has 0 aliphatic heterocycles. The van der Waals surface area contributed by atoms with E-state index in [2.05, 4.69) is 20.6 Å². The lowest BCUT2D eigenvalue weighted by Gasteiger charge is -1.96. The molecular weight excluding hydrogens is 318 g/mol. The zero-order valence-corrected chi connectivity index (χ0v) is 12.8. The van der Waals surface area contributed by atoms with Crippen molar-refractivity contribution in [1.29, 1.82) is 0 Å². The number of hydrogen-bond donors (Lipinski definition) is 0. The van der Waals surface area contributed by atoms with Crippen molar-refractivity contribution in [1.82, 2.24) is 15.2 Å². The number of nitrogens with zero attached hydrogens (tertiary/aromatic N) is 3. The van der Waals surface area contributed by atoms with E-state index in [4.69, 9.17) is 11.6 Å². The third-order valence-electron chi connectivity index (χ3n) is 2.33. The summed E-state index contributed by atoms with van der Waals surface area (Å²) < 4.78 is 0.973. The average Bonchev–Trinajstić information content (AvgIpc) is 3.09. The number of thiazole rings is 1. The Morgan fingerprint density at radius 2 is 2.00 bits per heavy atom. The molecular formula is C12H8ClN3S3. The Balaban J connectivity index is 1.70. The van der Waals surface area contributed by atoms with Gasteiger partial charge in [0, 0.05) is 21.7 Å². The Morgan fingerprint density at radius 3 is 2.74 bits per heavy atom. The molecule has 2 aromatic heterocycles. The van der Waals surface area contributed by atoms with Crippen molar-refractivity contribution in [2.45, 2.75) is 10.1 Å². The number of halogens is 1. The maximum absolute atomic E-state index is 5.88. The van der Waals surface area contributed by atoms with E-state index in [1.165, 1.54) is 0 Å². The number of benzene rings is 1. The number of hydrogen-bond acceptors (Lipinski definition) is 6. The molecule has 96 valence electrons. The van der Waals surface area contributed by atoms with Gasteiger partial charge in [-0.15, -0.1) is 21.5 Å². The monoisotopic (exact) mass is 325 g/mol. The smallest absolute Gasteiger partial charge is 0.174 e. The maximum atomic E-state index is 5.88. The van der Waals surface area contributed by atoms with Crippen LogP contribution in [0.5, 0.6) is 0 Å². The van der Waals surface area contributed by atoms with Crippen molar-refractivity contribution < 1.29 is 0 Å². The molecule has 3 rings (SSSR count). The van der Waals surface area contributed by atoms with Gasteiger partial charge in [0.05, 0.1) is 5.69 Å². The minimum absolute atomic E-state index is 0.743. The highest BCUT2D eigenvalue weighted by Gasteiger charge is 2.06. The molecule has 0 fully saturated rings. The van der Waals surface area contributed by atoms with Crippen LogP contribution >= 0.6 is 46.0 Å². The molecule has 0 radical (unpaired) electrons. The van der Waals surface area contributed by atoms with Gasteiger partial charge in [0.25, 0.3) is 0 Å². The number of thioether (sulfide) groups is 1. The molecule has 0 saturated heterocycles. The van der Waals surface area contributed by atoms with Crippen LogP contribution in [-0.2, 0) is 5.75 Å². The Morgan fingerprint density at radius 1 is 1.16 bits per heavy atom. The molecule has 0 N–H and O–H groups in total. The maximum Gasteiger partial charge on any atom is 0.174 e. The van der Waals surface area contributed by atoms with E-state index in [1.54, 1.807) is 39.9 Å². The Bertz CT molecular complexity index is 649. The summed E-state index contributed by atoms with van der Waals surface area (Å²) in [5, 5.41) is 11.7. The number of rotatable bonds is 4. The van der Waals surface area contributed by atoms with Gasteiger partial charge >= 0.3 is 0 Å². The normalized spacial score (nSPS) is 10.8. The fraction of sp³-hybridized carbons (Fsp3) is 0.0833. The molecule has 0 atom stereocenters. The Kier molecular flexibility index (Phi) is 4.12. The fourth-order valence-electron chi connectivity index (χ4n) is 1.46. The van der Waals surface area contributed by atoms with E-state index >= 15 is 0 Å².